The van der Waals surface area contributed by atoms with Crippen molar-refractivity contribution in [3.05, 3.63) is 66.4 Å². The summed E-state index contributed by atoms with van der Waals surface area (Å²) in [5.41, 5.74) is 3.69. The first kappa shape index (κ1) is 15.4. The van der Waals surface area contributed by atoms with Crippen molar-refractivity contribution in [1.82, 2.24) is 24.7 Å². The highest BCUT2D eigenvalue weighted by Crippen LogP contribution is 2.15. The quantitative estimate of drug-likeness (QED) is 0.589. The van der Waals surface area contributed by atoms with Crippen molar-refractivity contribution >= 4 is 22.6 Å². The molecule has 2 N–H and O–H groups in total. The highest BCUT2D eigenvalue weighted by Gasteiger charge is 2.14. The van der Waals surface area contributed by atoms with Crippen molar-refractivity contribution in [2.45, 2.75) is 25.8 Å². The number of aryl methyl sites for hydroxylation is 1. The van der Waals surface area contributed by atoms with Gasteiger partial charge < -0.3 is 14.7 Å². The van der Waals surface area contributed by atoms with Gasteiger partial charge in [-0.2, -0.15) is 0 Å². The SMILES string of the molecule is C[C@H](NC(=O)CCc1cn2ccccc2n1)c1nc2ccccc2[nH]1. The van der Waals surface area contributed by atoms with E-state index in [9.17, 15) is 4.79 Å². The molecule has 0 aliphatic rings. The van der Waals surface area contributed by atoms with Gasteiger partial charge in [-0.15, -0.1) is 0 Å². The minimum Gasteiger partial charge on any atom is -0.346 e. The zero-order chi connectivity index (χ0) is 17.2. The summed E-state index contributed by atoms with van der Waals surface area (Å²) in [7, 11) is 0. The molecule has 0 saturated heterocycles. The molecule has 1 aromatic carbocycles. The van der Waals surface area contributed by atoms with Crippen LogP contribution in [0.1, 0.15) is 30.9 Å². The first-order valence-electron chi connectivity index (χ1n) is 8.36. The van der Waals surface area contributed by atoms with E-state index in [1.54, 1.807) is 0 Å². The van der Waals surface area contributed by atoms with Gasteiger partial charge in [-0.3, -0.25) is 4.79 Å². The van der Waals surface area contributed by atoms with E-state index in [1.165, 1.54) is 0 Å². The summed E-state index contributed by atoms with van der Waals surface area (Å²) in [4.78, 5) is 24.5. The number of H-pyrrole nitrogens is 1. The molecular formula is C19H19N5O. The molecule has 0 unspecified atom stereocenters. The number of carbonyl (C=O) groups excluding carboxylic acids is 1. The molecule has 1 amide bonds. The Kier molecular flexibility index (Phi) is 3.93. The molecule has 3 heterocycles. The Hall–Kier alpha value is -3.15. The Morgan fingerprint density at radius 1 is 1.20 bits per heavy atom. The van der Waals surface area contributed by atoms with Crippen LogP contribution in [0.3, 0.4) is 0 Å². The minimum absolute atomic E-state index is 0.00925. The average Bonchev–Trinajstić information content (AvgIpc) is 3.23. The molecular weight excluding hydrogens is 314 g/mol. The molecule has 4 rings (SSSR count). The number of imidazole rings is 2. The summed E-state index contributed by atoms with van der Waals surface area (Å²) in [5.74, 6) is 0.757. The van der Waals surface area contributed by atoms with Crippen molar-refractivity contribution < 1.29 is 4.79 Å². The lowest BCUT2D eigenvalue weighted by Crippen LogP contribution is -2.27. The fourth-order valence-corrected chi connectivity index (χ4v) is 2.91. The maximum absolute atomic E-state index is 12.2. The normalized spacial score (nSPS) is 12.5. The summed E-state index contributed by atoms with van der Waals surface area (Å²) in [6, 6.07) is 13.5. The smallest absolute Gasteiger partial charge is 0.220 e. The summed E-state index contributed by atoms with van der Waals surface area (Å²) in [5, 5.41) is 2.99. The number of nitrogens with zero attached hydrogens (tertiary/aromatic N) is 3. The Bertz CT molecular complexity index is 966. The second-order valence-electron chi connectivity index (χ2n) is 6.13. The van der Waals surface area contributed by atoms with E-state index in [1.807, 2.05) is 66.2 Å². The number of hydrogen-bond acceptors (Lipinski definition) is 3. The summed E-state index contributed by atoms with van der Waals surface area (Å²) >= 11 is 0. The number of aromatic amines is 1. The van der Waals surface area contributed by atoms with E-state index >= 15 is 0 Å². The van der Waals surface area contributed by atoms with Crippen molar-refractivity contribution in [3.63, 3.8) is 0 Å². The number of nitrogens with one attached hydrogen (secondary N) is 2. The lowest BCUT2D eigenvalue weighted by molar-refractivity contribution is -0.121. The van der Waals surface area contributed by atoms with Gasteiger partial charge in [-0.25, -0.2) is 9.97 Å². The first-order chi connectivity index (χ1) is 12.2. The standard InChI is InChI=1S/C19H19N5O/c1-13(19-22-15-6-2-3-7-16(15)23-19)20-18(25)10-9-14-12-24-11-5-4-8-17(24)21-14/h2-8,11-13H,9-10H2,1H3,(H,20,25)(H,22,23)/t13-/m0/s1. The van der Waals surface area contributed by atoms with Gasteiger partial charge in [0.2, 0.25) is 5.91 Å². The molecule has 0 spiro atoms. The van der Waals surface area contributed by atoms with Crippen LogP contribution in [0.15, 0.2) is 54.9 Å². The fraction of sp³-hybridized carbons (Fsp3) is 0.211. The van der Waals surface area contributed by atoms with Crippen LogP contribution in [0.4, 0.5) is 0 Å². The molecule has 0 saturated carbocycles. The molecule has 4 aromatic rings. The molecule has 6 heteroatoms. The number of fused-ring (bicyclic) bond motifs is 2. The Morgan fingerprint density at radius 2 is 2.04 bits per heavy atom. The summed E-state index contributed by atoms with van der Waals surface area (Å²) in [6.45, 7) is 1.93. The Labute approximate surface area is 144 Å². The average molecular weight is 333 g/mol. The monoisotopic (exact) mass is 333 g/mol. The third kappa shape index (κ3) is 3.24. The molecule has 0 bridgehead atoms. The van der Waals surface area contributed by atoms with E-state index in [-0.39, 0.29) is 11.9 Å². The van der Waals surface area contributed by atoms with Gasteiger partial charge in [0.25, 0.3) is 0 Å². The Balaban J connectivity index is 1.37. The van der Waals surface area contributed by atoms with Crippen LogP contribution >= 0.6 is 0 Å². The molecule has 25 heavy (non-hydrogen) atoms. The summed E-state index contributed by atoms with van der Waals surface area (Å²) < 4.78 is 1.96. The number of pyridine rings is 1. The van der Waals surface area contributed by atoms with E-state index < -0.39 is 0 Å². The van der Waals surface area contributed by atoms with E-state index in [2.05, 4.69) is 20.3 Å². The van der Waals surface area contributed by atoms with Gasteiger partial charge in [-0.05, 0) is 37.6 Å². The molecule has 0 fully saturated rings. The van der Waals surface area contributed by atoms with Crippen LogP contribution < -0.4 is 5.32 Å². The minimum atomic E-state index is -0.166. The fourth-order valence-electron chi connectivity index (χ4n) is 2.91. The van der Waals surface area contributed by atoms with Crippen molar-refractivity contribution in [2.24, 2.45) is 0 Å². The largest absolute Gasteiger partial charge is 0.346 e. The number of hydrogen-bond donors (Lipinski definition) is 2. The van der Waals surface area contributed by atoms with Gasteiger partial charge in [-0.1, -0.05) is 18.2 Å². The maximum Gasteiger partial charge on any atom is 0.220 e. The number of amides is 1. The third-order valence-corrected chi connectivity index (χ3v) is 4.22. The highest BCUT2D eigenvalue weighted by atomic mass is 16.1. The zero-order valence-corrected chi connectivity index (χ0v) is 13.9. The van der Waals surface area contributed by atoms with Gasteiger partial charge >= 0.3 is 0 Å². The molecule has 1 atom stereocenters. The Morgan fingerprint density at radius 3 is 2.88 bits per heavy atom. The van der Waals surface area contributed by atoms with Gasteiger partial charge in [0.15, 0.2) is 0 Å². The predicted molar refractivity (Wildman–Crippen MR) is 96.2 cm³/mol. The zero-order valence-electron chi connectivity index (χ0n) is 13.9. The van der Waals surface area contributed by atoms with Crippen LogP contribution in [-0.2, 0) is 11.2 Å². The topological polar surface area (TPSA) is 75.1 Å². The van der Waals surface area contributed by atoms with Crippen LogP contribution in [0.2, 0.25) is 0 Å². The lowest BCUT2D eigenvalue weighted by Gasteiger charge is -2.10. The van der Waals surface area contributed by atoms with E-state index in [0.29, 0.717) is 12.8 Å². The van der Waals surface area contributed by atoms with E-state index in [4.69, 9.17) is 0 Å². The van der Waals surface area contributed by atoms with Crippen LogP contribution in [0, 0.1) is 0 Å². The molecule has 6 nitrogen and oxygen atoms in total. The number of aromatic nitrogens is 4. The molecule has 126 valence electrons. The van der Waals surface area contributed by atoms with Gasteiger partial charge in [0.05, 0.1) is 22.8 Å². The van der Waals surface area contributed by atoms with Gasteiger partial charge in [0.1, 0.15) is 11.5 Å². The third-order valence-electron chi connectivity index (χ3n) is 4.22. The van der Waals surface area contributed by atoms with Crippen molar-refractivity contribution in [2.75, 3.05) is 0 Å². The van der Waals surface area contributed by atoms with Crippen LogP contribution in [0.5, 0.6) is 0 Å². The lowest BCUT2D eigenvalue weighted by atomic mass is 10.2. The number of carbonyl (C=O) groups is 1. The number of para-hydroxylation sites is 2. The second-order valence-corrected chi connectivity index (χ2v) is 6.13. The van der Waals surface area contributed by atoms with Crippen molar-refractivity contribution in [1.29, 1.82) is 0 Å². The van der Waals surface area contributed by atoms with Crippen molar-refractivity contribution in [3.8, 4) is 0 Å². The molecule has 0 aliphatic carbocycles. The van der Waals surface area contributed by atoms with E-state index in [0.717, 1.165) is 28.2 Å². The predicted octanol–water partition coefficient (Wildman–Crippen LogP) is 3.02. The van der Waals surface area contributed by atoms with Gasteiger partial charge in [0, 0.05) is 18.8 Å². The van der Waals surface area contributed by atoms with Crippen LogP contribution in [0.25, 0.3) is 16.7 Å². The highest BCUT2D eigenvalue weighted by molar-refractivity contribution is 5.77. The summed E-state index contributed by atoms with van der Waals surface area (Å²) in [6.07, 6.45) is 4.93. The van der Waals surface area contributed by atoms with Crippen LogP contribution in [-0.4, -0.2) is 25.3 Å². The molecule has 0 radical (unpaired) electrons. The molecule has 3 aromatic heterocycles. The maximum atomic E-state index is 12.2. The first-order valence-corrected chi connectivity index (χ1v) is 8.36. The number of rotatable bonds is 5. The molecule has 0 aliphatic heterocycles. The second kappa shape index (κ2) is 6.39. The number of benzene rings is 1.